The van der Waals surface area contributed by atoms with E-state index in [-0.39, 0.29) is 5.78 Å². The van der Waals surface area contributed by atoms with Gasteiger partial charge in [-0.25, -0.2) is 0 Å². The van der Waals surface area contributed by atoms with Crippen molar-refractivity contribution in [2.45, 2.75) is 12.8 Å². The first kappa shape index (κ1) is 15.3. The highest BCUT2D eigenvalue weighted by Gasteiger charge is 2.05. The van der Waals surface area contributed by atoms with E-state index >= 15 is 0 Å². The van der Waals surface area contributed by atoms with Crippen LogP contribution in [0.3, 0.4) is 0 Å². The fraction of sp³-hybridized carbons (Fsp3) is 0.176. The van der Waals surface area contributed by atoms with Gasteiger partial charge >= 0.3 is 0 Å². The van der Waals surface area contributed by atoms with E-state index < -0.39 is 0 Å². The van der Waals surface area contributed by atoms with Crippen LogP contribution in [0.25, 0.3) is 0 Å². The van der Waals surface area contributed by atoms with Crippen molar-refractivity contribution < 1.29 is 9.53 Å². The minimum absolute atomic E-state index is 0.108. The number of rotatable bonds is 6. The normalized spacial score (nSPS) is 9.90. The molecule has 3 nitrogen and oxygen atoms in total. The van der Waals surface area contributed by atoms with Gasteiger partial charge in [-0.3, -0.25) is 4.79 Å². The zero-order chi connectivity index (χ0) is 15.1. The quantitative estimate of drug-likeness (QED) is 0.578. The van der Waals surface area contributed by atoms with Gasteiger partial charge in [0.1, 0.15) is 5.75 Å². The van der Waals surface area contributed by atoms with Crippen LogP contribution in [0.4, 0.5) is 0 Å². The van der Waals surface area contributed by atoms with Crippen molar-refractivity contribution in [3.8, 4) is 11.8 Å². The summed E-state index contributed by atoms with van der Waals surface area (Å²) in [4.78, 5) is 12.0. The standard InChI is InChI=1S/C17H14BrNO2/c18-15-8-6-14(7-9-15)17(20)5-2-10-21-16-4-1-3-13(11-16)12-19/h1,3-4,6-9,11H,2,5,10H2. The van der Waals surface area contributed by atoms with Gasteiger partial charge in [-0.15, -0.1) is 0 Å². The molecule has 106 valence electrons. The van der Waals surface area contributed by atoms with Crippen LogP contribution in [0.2, 0.25) is 0 Å². The second-order valence-electron chi connectivity index (χ2n) is 4.52. The molecule has 0 saturated carbocycles. The average Bonchev–Trinajstić information content (AvgIpc) is 2.52. The Balaban J connectivity index is 1.78. The molecule has 0 N–H and O–H groups in total. The van der Waals surface area contributed by atoms with Crippen LogP contribution < -0.4 is 4.74 Å². The first-order valence-corrected chi connectivity index (χ1v) is 7.40. The molecule has 21 heavy (non-hydrogen) atoms. The van der Waals surface area contributed by atoms with Crippen molar-refractivity contribution >= 4 is 21.7 Å². The minimum Gasteiger partial charge on any atom is -0.494 e. The number of Topliss-reactive ketones (excluding diaryl/α,β-unsaturated/α-hetero) is 1. The van der Waals surface area contributed by atoms with Gasteiger partial charge in [0, 0.05) is 16.5 Å². The minimum atomic E-state index is 0.108. The highest BCUT2D eigenvalue weighted by atomic mass is 79.9. The Bertz CT molecular complexity index is 659. The van der Waals surface area contributed by atoms with Gasteiger partial charge < -0.3 is 4.74 Å². The van der Waals surface area contributed by atoms with E-state index in [9.17, 15) is 4.79 Å². The van der Waals surface area contributed by atoms with Crippen LogP contribution in [-0.4, -0.2) is 12.4 Å². The monoisotopic (exact) mass is 343 g/mol. The van der Waals surface area contributed by atoms with Gasteiger partial charge in [0.15, 0.2) is 5.78 Å². The summed E-state index contributed by atoms with van der Waals surface area (Å²) in [5, 5.41) is 8.80. The highest BCUT2D eigenvalue weighted by molar-refractivity contribution is 9.10. The topological polar surface area (TPSA) is 50.1 Å². The number of nitriles is 1. The highest BCUT2D eigenvalue weighted by Crippen LogP contribution is 2.15. The number of halogens is 1. The fourth-order valence-corrected chi connectivity index (χ4v) is 2.12. The average molecular weight is 344 g/mol. The second-order valence-corrected chi connectivity index (χ2v) is 5.44. The van der Waals surface area contributed by atoms with Crippen molar-refractivity contribution in [3.63, 3.8) is 0 Å². The Labute approximate surface area is 132 Å². The van der Waals surface area contributed by atoms with Crippen LogP contribution in [-0.2, 0) is 0 Å². The zero-order valence-corrected chi connectivity index (χ0v) is 13.0. The predicted molar refractivity (Wildman–Crippen MR) is 84.4 cm³/mol. The van der Waals surface area contributed by atoms with Crippen LogP contribution in [0.1, 0.15) is 28.8 Å². The van der Waals surface area contributed by atoms with Gasteiger partial charge in [0.05, 0.1) is 18.2 Å². The van der Waals surface area contributed by atoms with Crippen LogP contribution in [0.15, 0.2) is 53.0 Å². The van der Waals surface area contributed by atoms with Gasteiger partial charge in [-0.05, 0) is 36.8 Å². The van der Waals surface area contributed by atoms with Gasteiger partial charge in [-0.1, -0.05) is 34.1 Å². The van der Waals surface area contributed by atoms with Crippen LogP contribution >= 0.6 is 15.9 Å². The Hall–Kier alpha value is -2.12. The molecule has 2 aromatic carbocycles. The van der Waals surface area contributed by atoms with E-state index in [1.54, 1.807) is 24.3 Å². The molecule has 0 radical (unpaired) electrons. The van der Waals surface area contributed by atoms with Crippen molar-refractivity contribution in [1.82, 2.24) is 0 Å². The Morgan fingerprint density at radius 3 is 2.67 bits per heavy atom. The molecule has 0 aliphatic heterocycles. The number of hydrogen-bond donors (Lipinski definition) is 0. The summed E-state index contributed by atoms with van der Waals surface area (Å²) in [6.45, 7) is 0.456. The maximum absolute atomic E-state index is 12.0. The molecule has 0 atom stereocenters. The molecule has 4 heteroatoms. The lowest BCUT2D eigenvalue weighted by molar-refractivity contribution is 0.0973. The van der Waals surface area contributed by atoms with Gasteiger partial charge in [0.25, 0.3) is 0 Å². The number of ketones is 1. The van der Waals surface area contributed by atoms with E-state index in [1.807, 2.05) is 24.3 Å². The SMILES string of the molecule is N#Cc1cccc(OCCCC(=O)c2ccc(Br)cc2)c1. The maximum Gasteiger partial charge on any atom is 0.163 e. The smallest absolute Gasteiger partial charge is 0.163 e. The molecule has 2 rings (SSSR count). The number of hydrogen-bond acceptors (Lipinski definition) is 3. The molecular formula is C17H14BrNO2. The third kappa shape index (κ3) is 4.73. The van der Waals surface area contributed by atoms with Crippen molar-refractivity contribution in [2.75, 3.05) is 6.61 Å². The molecule has 0 aromatic heterocycles. The number of carbonyl (C=O) groups excluding carboxylic acids is 1. The Morgan fingerprint density at radius 2 is 1.95 bits per heavy atom. The van der Waals surface area contributed by atoms with Gasteiger partial charge in [0.2, 0.25) is 0 Å². The lowest BCUT2D eigenvalue weighted by atomic mass is 10.1. The van der Waals surface area contributed by atoms with E-state index in [1.165, 1.54) is 0 Å². The number of ether oxygens (including phenoxy) is 1. The molecule has 0 unspecified atom stereocenters. The van der Waals surface area contributed by atoms with E-state index in [4.69, 9.17) is 10.00 Å². The third-order valence-corrected chi connectivity index (χ3v) is 3.47. The molecule has 0 fully saturated rings. The molecule has 0 aliphatic rings. The summed E-state index contributed by atoms with van der Waals surface area (Å²) in [5.41, 5.74) is 1.28. The van der Waals surface area contributed by atoms with Crippen molar-refractivity contribution in [2.24, 2.45) is 0 Å². The first-order chi connectivity index (χ1) is 10.2. The summed E-state index contributed by atoms with van der Waals surface area (Å²) in [5.74, 6) is 0.766. The Morgan fingerprint density at radius 1 is 1.19 bits per heavy atom. The lowest BCUT2D eigenvalue weighted by Crippen LogP contribution is -2.03. The summed E-state index contributed by atoms with van der Waals surface area (Å²) in [6.07, 6.45) is 1.09. The summed E-state index contributed by atoms with van der Waals surface area (Å²) >= 11 is 3.34. The lowest BCUT2D eigenvalue weighted by Gasteiger charge is -2.06. The molecule has 0 amide bonds. The van der Waals surface area contributed by atoms with E-state index in [0.717, 1.165) is 4.47 Å². The molecule has 0 spiro atoms. The zero-order valence-electron chi connectivity index (χ0n) is 11.4. The summed E-state index contributed by atoms with van der Waals surface area (Å²) in [6, 6.07) is 16.4. The number of carbonyl (C=O) groups is 1. The van der Waals surface area contributed by atoms with Crippen LogP contribution in [0, 0.1) is 11.3 Å². The molecule has 2 aromatic rings. The van der Waals surface area contributed by atoms with Gasteiger partial charge in [-0.2, -0.15) is 5.26 Å². The molecule has 0 saturated heterocycles. The van der Waals surface area contributed by atoms with Crippen molar-refractivity contribution in [3.05, 3.63) is 64.1 Å². The number of benzene rings is 2. The maximum atomic E-state index is 12.0. The summed E-state index contributed by atoms with van der Waals surface area (Å²) in [7, 11) is 0. The Kier molecular flexibility index (Phi) is 5.53. The first-order valence-electron chi connectivity index (χ1n) is 6.61. The van der Waals surface area contributed by atoms with Crippen molar-refractivity contribution in [1.29, 1.82) is 5.26 Å². The van der Waals surface area contributed by atoms with Crippen LogP contribution in [0.5, 0.6) is 5.75 Å². The largest absolute Gasteiger partial charge is 0.494 e. The number of nitrogens with zero attached hydrogens (tertiary/aromatic N) is 1. The fourth-order valence-electron chi connectivity index (χ4n) is 1.86. The molecule has 0 bridgehead atoms. The second kappa shape index (κ2) is 7.61. The molecule has 0 heterocycles. The molecule has 0 aliphatic carbocycles. The third-order valence-electron chi connectivity index (χ3n) is 2.95. The van der Waals surface area contributed by atoms with E-state index in [2.05, 4.69) is 22.0 Å². The van der Waals surface area contributed by atoms with E-state index in [0.29, 0.717) is 36.3 Å². The molecular weight excluding hydrogens is 330 g/mol. The summed E-state index contributed by atoms with van der Waals surface area (Å²) < 4.78 is 6.50. The predicted octanol–water partition coefficient (Wildman–Crippen LogP) is 4.36.